The van der Waals surface area contributed by atoms with Crippen LogP contribution in [0.5, 0.6) is 5.75 Å². The molecule has 0 aromatic heterocycles. The molecule has 0 saturated carbocycles. The van der Waals surface area contributed by atoms with Crippen LogP contribution in [0.25, 0.3) is 0 Å². The van der Waals surface area contributed by atoms with Crippen molar-refractivity contribution in [2.75, 3.05) is 18.5 Å². The van der Waals surface area contributed by atoms with Gasteiger partial charge in [-0.25, -0.2) is 8.78 Å². The van der Waals surface area contributed by atoms with E-state index in [1.54, 1.807) is 24.3 Å². The van der Waals surface area contributed by atoms with Gasteiger partial charge in [0, 0.05) is 16.7 Å². The van der Waals surface area contributed by atoms with Crippen LogP contribution in [0.2, 0.25) is 0 Å². The van der Waals surface area contributed by atoms with Gasteiger partial charge < -0.3 is 10.1 Å². The second kappa shape index (κ2) is 6.52. The van der Waals surface area contributed by atoms with Crippen LogP contribution in [0, 0.1) is 11.6 Å². The number of anilines is 1. The van der Waals surface area contributed by atoms with E-state index in [9.17, 15) is 8.78 Å². The molecule has 0 radical (unpaired) electrons. The van der Waals surface area contributed by atoms with Crippen molar-refractivity contribution in [1.29, 1.82) is 0 Å². The van der Waals surface area contributed by atoms with Crippen molar-refractivity contribution in [3.63, 3.8) is 0 Å². The van der Waals surface area contributed by atoms with Crippen LogP contribution in [0.1, 0.15) is 0 Å². The number of nitrogens with one attached hydrogen (secondary N) is 1. The quantitative estimate of drug-likeness (QED) is 0.830. The van der Waals surface area contributed by atoms with Crippen LogP contribution in [-0.2, 0) is 0 Å². The van der Waals surface area contributed by atoms with Crippen LogP contribution in [0.15, 0.2) is 46.9 Å². The van der Waals surface area contributed by atoms with Crippen LogP contribution in [0.3, 0.4) is 0 Å². The van der Waals surface area contributed by atoms with Crippen molar-refractivity contribution >= 4 is 21.6 Å². The maximum absolute atomic E-state index is 13.4. The standard InChI is InChI=1S/C14H12BrF2NO/c15-10-4-5-13(17)14(8-10)19-7-6-18-12-3-1-2-11(16)9-12/h1-5,8-9,18H,6-7H2. The number of hydrogen-bond donors (Lipinski definition) is 1. The van der Waals surface area contributed by atoms with Gasteiger partial charge in [-0.1, -0.05) is 22.0 Å². The number of rotatable bonds is 5. The first kappa shape index (κ1) is 13.8. The number of hydrogen-bond acceptors (Lipinski definition) is 2. The van der Waals surface area contributed by atoms with Gasteiger partial charge in [0.15, 0.2) is 11.6 Å². The highest BCUT2D eigenvalue weighted by Crippen LogP contribution is 2.22. The minimum atomic E-state index is -0.408. The van der Waals surface area contributed by atoms with Gasteiger partial charge in [0.25, 0.3) is 0 Å². The SMILES string of the molecule is Fc1cccc(NCCOc2cc(Br)ccc2F)c1. The second-order valence-electron chi connectivity index (χ2n) is 3.86. The summed E-state index contributed by atoms with van der Waals surface area (Å²) >= 11 is 3.25. The molecule has 1 N–H and O–H groups in total. The molecule has 0 bridgehead atoms. The summed E-state index contributed by atoms with van der Waals surface area (Å²) in [5, 5.41) is 2.99. The van der Waals surface area contributed by atoms with E-state index in [1.807, 2.05) is 0 Å². The molecule has 19 heavy (non-hydrogen) atoms. The molecule has 0 atom stereocenters. The molecule has 0 spiro atoms. The highest BCUT2D eigenvalue weighted by Gasteiger charge is 2.03. The van der Waals surface area contributed by atoms with E-state index < -0.39 is 5.82 Å². The summed E-state index contributed by atoms with van der Waals surface area (Å²) in [6.07, 6.45) is 0. The Kier molecular flexibility index (Phi) is 4.74. The summed E-state index contributed by atoms with van der Waals surface area (Å²) in [5.74, 6) is -0.520. The molecule has 0 heterocycles. The molecule has 2 aromatic rings. The van der Waals surface area contributed by atoms with Crippen molar-refractivity contribution < 1.29 is 13.5 Å². The first-order chi connectivity index (χ1) is 9.15. The van der Waals surface area contributed by atoms with E-state index in [1.165, 1.54) is 18.2 Å². The highest BCUT2D eigenvalue weighted by molar-refractivity contribution is 9.10. The summed E-state index contributed by atoms with van der Waals surface area (Å²) in [6, 6.07) is 10.6. The lowest BCUT2D eigenvalue weighted by Crippen LogP contribution is -2.12. The normalized spacial score (nSPS) is 10.3. The monoisotopic (exact) mass is 327 g/mol. The van der Waals surface area contributed by atoms with Crippen molar-refractivity contribution in [2.45, 2.75) is 0 Å². The molecule has 0 aliphatic carbocycles. The summed E-state index contributed by atoms with van der Waals surface area (Å²) in [4.78, 5) is 0. The minimum absolute atomic E-state index is 0.190. The molecular formula is C14H12BrF2NO. The molecule has 0 aliphatic heterocycles. The Morgan fingerprint density at radius 2 is 1.95 bits per heavy atom. The van der Waals surface area contributed by atoms with Gasteiger partial charge >= 0.3 is 0 Å². The van der Waals surface area contributed by atoms with Crippen molar-refractivity contribution in [1.82, 2.24) is 0 Å². The Labute approximate surface area is 118 Å². The lowest BCUT2D eigenvalue weighted by molar-refractivity contribution is 0.315. The van der Waals surface area contributed by atoms with Gasteiger partial charge in [-0.05, 0) is 36.4 Å². The molecule has 5 heteroatoms. The zero-order valence-corrected chi connectivity index (χ0v) is 11.6. The van der Waals surface area contributed by atoms with Gasteiger partial charge in [0.1, 0.15) is 12.4 Å². The van der Waals surface area contributed by atoms with Gasteiger partial charge in [-0.2, -0.15) is 0 Å². The van der Waals surface area contributed by atoms with Crippen LogP contribution >= 0.6 is 15.9 Å². The highest BCUT2D eigenvalue weighted by atomic mass is 79.9. The summed E-state index contributed by atoms with van der Waals surface area (Å²) < 4.78 is 32.3. The smallest absolute Gasteiger partial charge is 0.165 e. The van der Waals surface area contributed by atoms with Crippen LogP contribution < -0.4 is 10.1 Å². The van der Waals surface area contributed by atoms with Crippen LogP contribution in [0.4, 0.5) is 14.5 Å². The fourth-order valence-electron chi connectivity index (χ4n) is 1.54. The van der Waals surface area contributed by atoms with E-state index in [0.29, 0.717) is 12.2 Å². The topological polar surface area (TPSA) is 21.3 Å². The Hall–Kier alpha value is -1.62. The molecule has 0 amide bonds. The molecule has 0 aliphatic rings. The Morgan fingerprint density at radius 1 is 1.11 bits per heavy atom. The molecule has 2 aromatic carbocycles. The third-order valence-corrected chi connectivity index (χ3v) is 2.90. The maximum atomic E-state index is 13.4. The molecular weight excluding hydrogens is 316 g/mol. The molecule has 0 saturated heterocycles. The van der Waals surface area contributed by atoms with E-state index >= 15 is 0 Å². The Balaban J connectivity index is 1.82. The van der Waals surface area contributed by atoms with E-state index in [0.717, 1.165) is 4.47 Å². The van der Waals surface area contributed by atoms with E-state index in [-0.39, 0.29) is 18.2 Å². The largest absolute Gasteiger partial charge is 0.489 e. The summed E-state index contributed by atoms with van der Waals surface area (Å²) in [6.45, 7) is 0.735. The average Bonchev–Trinajstić information content (AvgIpc) is 2.39. The summed E-state index contributed by atoms with van der Waals surface area (Å²) in [7, 11) is 0. The predicted molar refractivity (Wildman–Crippen MR) is 74.5 cm³/mol. The zero-order valence-electron chi connectivity index (χ0n) is 10.00. The first-order valence-corrected chi connectivity index (χ1v) is 6.52. The molecule has 2 rings (SSSR count). The van der Waals surface area contributed by atoms with Gasteiger partial charge in [-0.3, -0.25) is 0 Å². The Bertz CT molecular complexity index is 563. The molecule has 100 valence electrons. The average molecular weight is 328 g/mol. The maximum Gasteiger partial charge on any atom is 0.165 e. The zero-order chi connectivity index (χ0) is 13.7. The fraction of sp³-hybridized carbons (Fsp3) is 0.143. The second-order valence-corrected chi connectivity index (χ2v) is 4.78. The van der Waals surface area contributed by atoms with Crippen LogP contribution in [-0.4, -0.2) is 13.2 Å². The molecule has 2 nitrogen and oxygen atoms in total. The van der Waals surface area contributed by atoms with Gasteiger partial charge in [0.2, 0.25) is 0 Å². The minimum Gasteiger partial charge on any atom is -0.489 e. The predicted octanol–water partition coefficient (Wildman–Crippen LogP) is 4.22. The van der Waals surface area contributed by atoms with Crippen molar-refractivity contribution in [2.24, 2.45) is 0 Å². The number of ether oxygens (including phenoxy) is 1. The lowest BCUT2D eigenvalue weighted by atomic mass is 10.3. The van der Waals surface area contributed by atoms with Gasteiger partial charge in [0.05, 0.1) is 0 Å². The number of halogens is 3. The number of benzene rings is 2. The Morgan fingerprint density at radius 3 is 2.74 bits per heavy atom. The molecule has 0 fully saturated rings. The third kappa shape index (κ3) is 4.21. The van der Waals surface area contributed by atoms with Crippen molar-refractivity contribution in [3.8, 4) is 5.75 Å². The first-order valence-electron chi connectivity index (χ1n) is 5.72. The lowest BCUT2D eigenvalue weighted by Gasteiger charge is -2.09. The summed E-state index contributed by atoms with van der Waals surface area (Å²) in [5.41, 5.74) is 0.665. The fourth-order valence-corrected chi connectivity index (χ4v) is 1.88. The van der Waals surface area contributed by atoms with Crippen molar-refractivity contribution in [3.05, 3.63) is 58.6 Å². The van der Waals surface area contributed by atoms with Gasteiger partial charge in [-0.15, -0.1) is 0 Å². The molecule has 0 unspecified atom stereocenters. The third-order valence-electron chi connectivity index (χ3n) is 2.41. The van der Waals surface area contributed by atoms with E-state index in [2.05, 4.69) is 21.2 Å². The van der Waals surface area contributed by atoms with E-state index in [4.69, 9.17) is 4.74 Å².